The van der Waals surface area contributed by atoms with Crippen LogP contribution in [0.4, 0.5) is 0 Å². The van der Waals surface area contributed by atoms with Crippen LogP contribution in [0.25, 0.3) is 0 Å². The first-order valence-electron chi connectivity index (χ1n) is 8.27. The normalized spacial score (nSPS) is 23.7. The number of fused-ring (bicyclic) bond motifs is 2. The maximum Gasteiger partial charge on any atom is 0.0911 e. The third kappa shape index (κ3) is 3.04. The van der Waals surface area contributed by atoms with Crippen molar-refractivity contribution < 1.29 is 4.65 Å². The number of nitrogens with zero attached hydrogens (tertiary/aromatic N) is 2. The van der Waals surface area contributed by atoms with E-state index >= 15 is 0 Å². The molecule has 0 saturated carbocycles. The van der Waals surface area contributed by atoms with Gasteiger partial charge in [0.15, 0.2) is 0 Å². The van der Waals surface area contributed by atoms with E-state index in [0.717, 1.165) is 19.5 Å². The smallest absolute Gasteiger partial charge is 0.0911 e. The average Bonchev–Trinajstić information content (AvgIpc) is 2.71. The van der Waals surface area contributed by atoms with Gasteiger partial charge in [0, 0.05) is 28.9 Å². The minimum absolute atomic E-state index is 0.101. The molecule has 3 nitrogen and oxygen atoms in total. The Kier molecular flexibility index (Phi) is 3.93. The van der Waals surface area contributed by atoms with Crippen molar-refractivity contribution >= 4 is 11.8 Å². The van der Waals surface area contributed by atoms with Crippen molar-refractivity contribution in [3.63, 3.8) is 0 Å². The van der Waals surface area contributed by atoms with Gasteiger partial charge >= 0.3 is 0 Å². The fraction of sp³-hybridized carbons (Fsp3) is 0.368. The van der Waals surface area contributed by atoms with Gasteiger partial charge in [-0.2, -0.15) is 0 Å². The zero-order valence-electron chi connectivity index (χ0n) is 13.4. The summed E-state index contributed by atoms with van der Waals surface area (Å²) < 4.78 is -0.101. The van der Waals surface area contributed by atoms with Crippen molar-refractivity contribution in [2.24, 2.45) is 0 Å². The van der Waals surface area contributed by atoms with E-state index in [2.05, 4.69) is 53.4 Å². The highest BCUT2D eigenvalue weighted by atomic mass is 32.2. The van der Waals surface area contributed by atoms with Gasteiger partial charge in [-0.15, -0.1) is 0 Å². The quantitative estimate of drug-likeness (QED) is 0.590. The summed E-state index contributed by atoms with van der Waals surface area (Å²) in [6.45, 7) is 3.14. The molecule has 0 amide bonds. The maximum absolute atomic E-state index is 12.2. The third-order valence-corrected chi connectivity index (χ3v) is 6.25. The molecule has 2 aliphatic heterocycles. The highest BCUT2D eigenvalue weighted by Gasteiger charge is 2.31. The van der Waals surface area contributed by atoms with Gasteiger partial charge in [0.05, 0.1) is 20.1 Å². The maximum atomic E-state index is 12.2. The lowest BCUT2D eigenvalue weighted by atomic mass is 9.96. The lowest BCUT2D eigenvalue weighted by Crippen LogP contribution is -2.54. The van der Waals surface area contributed by atoms with Gasteiger partial charge < -0.3 is 9.85 Å². The number of likely N-dealkylation sites (N-methyl/N-ethyl adjacent to an activating group) is 1. The molecule has 1 unspecified atom stereocenters. The molecule has 2 aromatic carbocycles. The van der Waals surface area contributed by atoms with E-state index in [4.69, 9.17) is 0 Å². The van der Waals surface area contributed by atoms with E-state index in [1.165, 1.54) is 20.9 Å². The molecule has 1 atom stereocenters. The minimum Gasteiger partial charge on any atom is -0.633 e. The molecule has 4 heteroatoms. The number of piperazine rings is 1. The zero-order valence-corrected chi connectivity index (χ0v) is 14.3. The molecular formula is C19H22N2OS. The Bertz CT molecular complexity index is 706. The first-order valence-corrected chi connectivity index (χ1v) is 9.08. The van der Waals surface area contributed by atoms with Gasteiger partial charge in [0.25, 0.3) is 0 Å². The molecule has 2 aromatic rings. The highest BCUT2D eigenvalue weighted by Crippen LogP contribution is 2.42. The minimum atomic E-state index is -0.101. The number of hydrogen-bond acceptors (Lipinski definition) is 3. The van der Waals surface area contributed by atoms with E-state index in [1.54, 1.807) is 7.05 Å². The Hall–Kier alpha value is -1.33. The molecule has 0 aliphatic carbocycles. The van der Waals surface area contributed by atoms with Gasteiger partial charge in [0.2, 0.25) is 0 Å². The summed E-state index contributed by atoms with van der Waals surface area (Å²) >= 11 is 1.88. The zero-order chi connectivity index (χ0) is 15.9. The molecule has 0 N–H and O–H groups in total. The second kappa shape index (κ2) is 5.95. The number of hydrogen-bond donors (Lipinski definition) is 0. The van der Waals surface area contributed by atoms with Crippen LogP contribution in [0.5, 0.6) is 0 Å². The predicted molar refractivity (Wildman–Crippen MR) is 94.3 cm³/mol. The van der Waals surface area contributed by atoms with Crippen LogP contribution in [0.1, 0.15) is 17.2 Å². The molecule has 1 saturated heterocycles. The van der Waals surface area contributed by atoms with Gasteiger partial charge in [-0.3, -0.25) is 4.90 Å². The van der Waals surface area contributed by atoms with Crippen LogP contribution < -0.4 is 0 Å². The molecule has 4 rings (SSSR count). The van der Waals surface area contributed by atoms with Crippen LogP contribution in [0.3, 0.4) is 0 Å². The van der Waals surface area contributed by atoms with E-state index < -0.39 is 0 Å². The summed E-state index contributed by atoms with van der Waals surface area (Å²) in [7, 11) is 1.80. The lowest BCUT2D eigenvalue weighted by molar-refractivity contribution is -0.865. The summed E-state index contributed by atoms with van der Waals surface area (Å²) in [4.78, 5) is 5.23. The van der Waals surface area contributed by atoms with Crippen LogP contribution in [-0.4, -0.2) is 42.8 Å². The summed E-state index contributed by atoms with van der Waals surface area (Å²) in [5.74, 6) is 0. The highest BCUT2D eigenvalue weighted by molar-refractivity contribution is 7.99. The van der Waals surface area contributed by atoms with Crippen molar-refractivity contribution in [1.82, 2.24) is 4.90 Å². The SMILES string of the molecule is C[N+]1([O-])CCN(C2Cc3ccccc3Sc3ccccc32)CC1. The second-order valence-electron chi connectivity index (χ2n) is 6.75. The predicted octanol–water partition coefficient (Wildman–Crippen LogP) is 3.70. The average molecular weight is 326 g/mol. The fourth-order valence-electron chi connectivity index (χ4n) is 3.60. The summed E-state index contributed by atoms with van der Waals surface area (Å²) in [6.07, 6.45) is 1.03. The molecule has 0 aromatic heterocycles. The Morgan fingerprint density at radius 3 is 2.43 bits per heavy atom. The lowest BCUT2D eigenvalue weighted by Gasteiger charge is -2.47. The number of hydroxylamine groups is 3. The Morgan fingerprint density at radius 1 is 1.00 bits per heavy atom. The van der Waals surface area contributed by atoms with E-state index in [1.807, 2.05) is 11.8 Å². The Morgan fingerprint density at radius 2 is 1.65 bits per heavy atom. The van der Waals surface area contributed by atoms with Crippen LogP contribution in [0, 0.1) is 5.21 Å². The van der Waals surface area contributed by atoms with Crippen LogP contribution in [0.15, 0.2) is 58.3 Å². The van der Waals surface area contributed by atoms with Gasteiger partial charge in [-0.25, -0.2) is 0 Å². The third-order valence-electron chi connectivity index (χ3n) is 5.05. The van der Waals surface area contributed by atoms with Crippen molar-refractivity contribution in [2.45, 2.75) is 22.3 Å². The van der Waals surface area contributed by atoms with Crippen molar-refractivity contribution in [2.75, 3.05) is 33.2 Å². The summed E-state index contributed by atoms with van der Waals surface area (Å²) in [5.41, 5.74) is 2.83. The van der Waals surface area contributed by atoms with Crippen LogP contribution >= 0.6 is 11.8 Å². The summed E-state index contributed by atoms with van der Waals surface area (Å²) in [5, 5.41) is 12.2. The largest absolute Gasteiger partial charge is 0.633 e. The van der Waals surface area contributed by atoms with E-state index in [9.17, 15) is 5.21 Å². The molecule has 0 bridgehead atoms. The van der Waals surface area contributed by atoms with Gasteiger partial charge in [-0.05, 0) is 29.7 Å². The topological polar surface area (TPSA) is 26.3 Å². The molecule has 0 radical (unpaired) electrons. The number of rotatable bonds is 1. The first kappa shape index (κ1) is 15.2. The Balaban J connectivity index is 1.71. The van der Waals surface area contributed by atoms with Gasteiger partial charge in [0.1, 0.15) is 0 Å². The molecule has 1 fully saturated rings. The second-order valence-corrected chi connectivity index (χ2v) is 7.83. The Labute approximate surface area is 142 Å². The van der Waals surface area contributed by atoms with E-state index in [-0.39, 0.29) is 4.65 Å². The van der Waals surface area contributed by atoms with Crippen molar-refractivity contribution in [3.05, 3.63) is 64.9 Å². The van der Waals surface area contributed by atoms with Crippen molar-refractivity contribution in [3.8, 4) is 0 Å². The van der Waals surface area contributed by atoms with E-state index in [0.29, 0.717) is 19.1 Å². The number of benzene rings is 2. The first-order chi connectivity index (χ1) is 11.1. The fourth-order valence-corrected chi connectivity index (χ4v) is 4.73. The molecule has 23 heavy (non-hydrogen) atoms. The number of quaternary nitrogens is 1. The monoisotopic (exact) mass is 326 g/mol. The molecular weight excluding hydrogens is 304 g/mol. The molecule has 2 aliphatic rings. The van der Waals surface area contributed by atoms with Crippen LogP contribution in [-0.2, 0) is 6.42 Å². The molecule has 2 heterocycles. The van der Waals surface area contributed by atoms with Gasteiger partial charge in [-0.1, -0.05) is 48.2 Å². The van der Waals surface area contributed by atoms with Crippen LogP contribution in [0.2, 0.25) is 0 Å². The summed E-state index contributed by atoms with van der Waals surface area (Å²) in [6, 6.07) is 17.9. The standard InChI is InChI=1S/C19H22N2OS/c1-21(22)12-10-20(11-13-21)17-14-15-6-2-4-8-18(15)23-19-9-5-3-7-16(17)19/h2-9,17H,10-14H2,1H3. The molecule has 120 valence electrons. The van der Waals surface area contributed by atoms with Crippen molar-refractivity contribution in [1.29, 1.82) is 0 Å². The molecule has 0 spiro atoms.